The van der Waals surface area contributed by atoms with Gasteiger partial charge in [0.15, 0.2) is 0 Å². The molecule has 0 aromatic heterocycles. The van der Waals surface area contributed by atoms with Gasteiger partial charge in [0, 0.05) is 33.6 Å². The summed E-state index contributed by atoms with van der Waals surface area (Å²) in [7, 11) is 0. The Bertz CT molecular complexity index is 6190. The van der Waals surface area contributed by atoms with Gasteiger partial charge in [-0.1, -0.05) is 320 Å². The summed E-state index contributed by atoms with van der Waals surface area (Å²) in [6, 6.07) is 96.4. The molecule has 0 heterocycles. The predicted molar refractivity (Wildman–Crippen MR) is 570 cm³/mol. The van der Waals surface area contributed by atoms with E-state index < -0.39 is 5.41 Å². The van der Waals surface area contributed by atoms with Crippen LogP contribution in [0.5, 0.6) is 0 Å². The molecule has 14 aromatic rings. The molecule has 674 valence electrons. The van der Waals surface area contributed by atoms with Crippen molar-refractivity contribution >= 4 is 34.1 Å². The molecule has 0 aliphatic heterocycles. The number of benzene rings is 14. The van der Waals surface area contributed by atoms with E-state index in [1.807, 2.05) is 0 Å². The fourth-order valence-electron chi connectivity index (χ4n) is 23.3. The van der Waals surface area contributed by atoms with E-state index in [0.29, 0.717) is 0 Å². The van der Waals surface area contributed by atoms with Gasteiger partial charge in [-0.15, -0.1) is 13.2 Å². The number of nitrogens with zero attached hydrogens (tertiary/aromatic N) is 2. The fraction of sp³-hybridized carbons (Fsp3) is 0.323. The van der Waals surface area contributed by atoms with Crippen LogP contribution in [0.15, 0.2) is 274 Å². The number of fused-ring (bicyclic) bond motifs is 11. The maximum absolute atomic E-state index is 3.93. The molecule has 0 radical (unpaired) electrons. The lowest BCUT2D eigenvalue weighted by Gasteiger charge is -2.37. The van der Waals surface area contributed by atoms with Crippen molar-refractivity contribution < 1.29 is 0 Å². The van der Waals surface area contributed by atoms with E-state index in [0.717, 1.165) is 24.2 Å². The molecule has 132 heavy (non-hydrogen) atoms. The zero-order chi connectivity index (χ0) is 93.0. The maximum Gasteiger partial charge on any atom is 0.0713 e. The van der Waals surface area contributed by atoms with Gasteiger partial charge in [0.2, 0.25) is 0 Å². The van der Waals surface area contributed by atoms with E-state index in [1.54, 1.807) is 22.3 Å². The molecule has 5 aliphatic carbocycles. The second-order valence-electron chi connectivity index (χ2n) is 40.5. The van der Waals surface area contributed by atoms with Gasteiger partial charge in [-0.05, 0) is 406 Å². The summed E-state index contributed by atoms with van der Waals surface area (Å²) in [4.78, 5) is 4.95. The van der Waals surface area contributed by atoms with Crippen molar-refractivity contribution in [1.82, 2.24) is 0 Å². The monoisotopic (exact) mass is 1730 g/mol. The minimum absolute atomic E-state index is 0.148. The minimum Gasteiger partial charge on any atom is -0.310 e. The second kappa shape index (κ2) is 39.9. The summed E-state index contributed by atoms with van der Waals surface area (Å²) in [5.74, 6) is 0. The molecule has 0 saturated carbocycles. The molecule has 2 heteroatoms. The number of hydrogen-bond donors (Lipinski definition) is 0. The van der Waals surface area contributed by atoms with Crippen LogP contribution >= 0.6 is 0 Å². The van der Waals surface area contributed by atoms with Gasteiger partial charge in [-0.3, -0.25) is 0 Å². The third kappa shape index (κ3) is 18.5. The predicted octanol–water partition coefficient (Wildman–Crippen LogP) is 35.7. The Morgan fingerprint density at radius 3 is 0.939 bits per heavy atom. The average Bonchev–Trinajstić information content (AvgIpc) is 1.52. The van der Waals surface area contributed by atoms with E-state index in [4.69, 9.17) is 0 Å². The van der Waals surface area contributed by atoms with Crippen molar-refractivity contribution in [2.45, 2.75) is 276 Å². The Morgan fingerprint density at radius 1 is 0.265 bits per heavy atom. The highest BCUT2D eigenvalue weighted by molar-refractivity contribution is 5.93. The third-order valence-corrected chi connectivity index (χ3v) is 30.1. The number of unbranched alkanes of at least 4 members (excludes halogenated alkanes) is 8. The van der Waals surface area contributed by atoms with E-state index >= 15 is 0 Å². The summed E-state index contributed by atoms with van der Waals surface area (Å²) >= 11 is 0. The molecule has 19 rings (SSSR count). The lowest BCUT2D eigenvalue weighted by atomic mass is 9.65. The van der Waals surface area contributed by atoms with Gasteiger partial charge >= 0.3 is 0 Å². The van der Waals surface area contributed by atoms with Crippen molar-refractivity contribution in [3.05, 3.63) is 446 Å². The largest absolute Gasteiger partial charge is 0.310 e. The number of allylic oxidation sites excluding steroid dienone is 2. The normalized spacial score (nSPS) is 13.6. The summed E-state index contributed by atoms with van der Waals surface area (Å²) < 4.78 is 0. The molecule has 0 saturated heterocycles. The Balaban J connectivity index is 0.000000141. The van der Waals surface area contributed by atoms with E-state index in [2.05, 4.69) is 415 Å². The van der Waals surface area contributed by atoms with Crippen molar-refractivity contribution in [1.29, 1.82) is 0 Å². The summed E-state index contributed by atoms with van der Waals surface area (Å²) in [5.41, 5.74) is 58.1. The SMILES string of the molecule is C=CCCCC1(CCCC=C)c2cc(C)ccc2-c2ccc(C)cc21.CCCCCCc1cc(C)c(CCCCCC)cc1C.Cc1ccc(N(c2ccc3c(c2)C(C)(c2cc(C)cc(C)c2)c2cc(N(c4ccc(C)cc4)c4c(C)cc(C)cc4C)ccc2-3)c2c(C)cc(C)cc2C)cc1.Cc1ccc2c(c1)C(c1ccc3c(c1)CC3)(c1ccc3c(c1)CC3)c1cc(C)ccc1-2. The summed E-state index contributed by atoms with van der Waals surface area (Å²) in [5, 5.41) is 0. The Hall–Kier alpha value is -11.8. The number of rotatable bonds is 27. The van der Waals surface area contributed by atoms with Crippen LogP contribution in [0.25, 0.3) is 33.4 Å². The molecule has 0 N–H and O–H groups in total. The first kappa shape index (κ1) is 93.4. The maximum atomic E-state index is 3.93. The Labute approximate surface area is 794 Å². The van der Waals surface area contributed by atoms with E-state index in [-0.39, 0.29) is 10.8 Å². The standard InChI is InChI=1S/C54H54N2.C31H26.C25H30.C20H34/c1-33-12-16-44(17-13-33)55(52-39(7)25-37(5)26-40(52)8)46-20-22-48-49-23-21-47(32-51(49)54(11,50(48)31-46)43-29-35(3)24-36(4)30-43)56(45-18-14-34(2)15-19-45)53-41(9)27-38(6)28-42(53)10;1-19-3-13-27-28-14-4-20(2)16-30(28)31(29(27)15-19,25-11-9-21-5-7-23(21)17-25)26-12-10-22-6-8-24(22)18-26;1-5-7-9-15-25(16-10-8-6-2)23-17-19(3)11-13-21(23)22-14-12-20(4)18-24(22)25;1-5-7-9-11-13-19-15-18(4)20(16-17(19)3)14-12-10-8-6-2/h12-32H,1-11H3;3-4,9-18H,5-8H2,1-2H3;5-6,11-14,17-18H,1-2,7-10,15-16H2,3-4H3;15-16H,5-14H2,1-4H3. The van der Waals surface area contributed by atoms with Crippen LogP contribution in [-0.2, 0) is 54.8 Å². The quantitative estimate of drug-likeness (QED) is 0.0374. The number of aryl methyl sites for hydroxylation is 22. The third-order valence-electron chi connectivity index (χ3n) is 30.1. The topological polar surface area (TPSA) is 6.48 Å². The molecule has 2 nitrogen and oxygen atoms in total. The van der Waals surface area contributed by atoms with Gasteiger partial charge in [-0.25, -0.2) is 0 Å². The first-order valence-electron chi connectivity index (χ1n) is 50.0. The zero-order valence-electron chi connectivity index (χ0n) is 83.3. The Kier molecular flexibility index (Phi) is 28.2. The zero-order valence-corrected chi connectivity index (χ0v) is 83.3. The Morgan fingerprint density at radius 2 is 0.591 bits per heavy atom. The molecule has 0 bridgehead atoms. The first-order chi connectivity index (χ1) is 63.7. The first-order valence-corrected chi connectivity index (χ1v) is 50.0. The van der Waals surface area contributed by atoms with Crippen molar-refractivity contribution in [3.63, 3.8) is 0 Å². The highest BCUT2D eigenvalue weighted by Crippen LogP contribution is 2.61. The van der Waals surface area contributed by atoms with E-state index in [1.165, 1.54) is 322 Å². The molecule has 0 spiro atoms. The van der Waals surface area contributed by atoms with Gasteiger partial charge < -0.3 is 9.80 Å². The van der Waals surface area contributed by atoms with Gasteiger partial charge in [0.05, 0.1) is 16.8 Å². The minimum atomic E-state index is -0.417. The van der Waals surface area contributed by atoms with E-state index in [9.17, 15) is 0 Å². The lowest BCUT2D eigenvalue weighted by molar-refractivity contribution is 0.422. The molecular formula is C130H144N2. The smallest absolute Gasteiger partial charge is 0.0713 e. The van der Waals surface area contributed by atoms with Crippen molar-refractivity contribution in [3.8, 4) is 33.4 Å². The van der Waals surface area contributed by atoms with Gasteiger partial charge in [0.1, 0.15) is 0 Å². The number of hydrogen-bond acceptors (Lipinski definition) is 2. The highest BCUT2D eigenvalue weighted by Gasteiger charge is 2.49. The lowest BCUT2D eigenvalue weighted by Crippen LogP contribution is -2.30. The van der Waals surface area contributed by atoms with Crippen LogP contribution < -0.4 is 9.80 Å². The van der Waals surface area contributed by atoms with Crippen LogP contribution in [0.4, 0.5) is 34.1 Å². The molecule has 0 fully saturated rings. The van der Waals surface area contributed by atoms with Crippen molar-refractivity contribution in [2.24, 2.45) is 0 Å². The molecule has 0 amide bonds. The van der Waals surface area contributed by atoms with Gasteiger partial charge in [0.25, 0.3) is 0 Å². The average molecular weight is 1730 g/mol. The van der Waals surface area contributed by atoms with Crippen molar-refractivity contribution in [2.75, 3.05) is 9.80 Å². The summed E-state index contributed by atoms with van der Waals surface area (Å²) in [6.07, 6.45) is 29.4. The number of anilines is 6. The molecule has 0 unspecified atom stereocenters. The van der Waals surface area contributed by atoms with Crippen LogP contribution in [0.1, 0.15) is 283 Å². The van der Waals surface area contributed by atoms with Crippen LogP contribution in [-0.4, -0.2) is 0 Å². The molecule has 14 aromatic carbocycles. The highest BCUT2D eigenvalue weighted by atomic mass is 15.2. The molecule has 0 atom stereocenters. The van der Waals surface area contributed by atoms with Gasteiger partial charge in [-0.2, -0.15) is 0 Å². The fourth-order valence-corrected chi connectivity index (χ4v) is 23.3. The summed E-state index contributed by atoms with van der Waals surface area (Å²) in [6.45, 7) is 50.5. The van der Waals surface area contributed by atoms with Crippen LogP contribution in [0, 0.1) is 111 Å². The second-order valence-corrected chi connectivity index (χ2v) is 40.5. The molecular weight excluding hydrogens is 1590 g/mol. The van der Waals surface area contributed by atoms with Crippen LogP contribution in [0.3, 0.4) is 0 Å². The van der Waals surface area contributed by atoms with Crippen LogP contribution in [0.2, 0.25) is 0 Å². The molecule has 5 aliphatic rings.